The Balaban J connectivity index is 4.35. The molecule has 0 saturated carbocycles. The lowest BCUT2D eigenvalue weighted by molar-refractivity contribution is -0.154. The Morgan fingerprint density at radius 2 is 1.04 bits per heavy atom. The largest absolute Gasteiger partial charge is 0.480 e. The molecule has 322 valence electrons. The Kier molecular flexibility index (Phi) is 38.7. The minimum absolute atomic E-state index is 0.00280. The first-order valence-electron chi connectivity index (χ1n) is 21.5. The number of ether oxygens (including phenoxy) is 2. The Hall–Kier alpha value is -2.59. The van der Waals surface area contributed by atoms with Crippen molar-refractivity contribution in [2.45, 2.75) is 174 Å². The Bertz CT molecular complexity index is 1160. The van der Waals surface area contributed by atoms with Crippen molar-refractivity contribution in [1.29, 1.82) is 0 Å². The van der Waals surface area contributed by atoms with Crippen molar-refractivity contribution in [3.05, 3.63) is 72.9 Å². The zero-order valence-electron chi connectivity index (χ0n) is 35.0. The molecule has 0 amide bonds. The summed E-state index contributed by atoms with van der Waals surface area (Å²) < 4.78 is 33.3. The smallest absolute Gasteiger partial charge is 0.472 e. The van der Waals surface area contributed by atoms with Gasteiger partial charge in [-0.25, -0.2) is 4.57 Å². The van der Waals surface area contributed by atoms with Crippen LogP contribution in [0, 0.1) is 0 Å². The first-order chi connectivity index (χ1) is 27.2. The zero-order chi connectivity index (χ0) is 41.2. The molecule has 0 aromatic heterocycles. The van der Waals surface area contributed by atoms with Crippen LogP contribution in [0.25, 0.3) is 0 Å². The second-order valence-electron chi connectivity index (χ2n) is 14.1. The SMILES string of the molecule is CC/C=C\C/C=C\C/C=C\C/C=C\C/C=C\C/C=C\CCCCC(=O)OC(COCCCCCCCCCCCCCCC)COP(=O)(O)OCC(N)C(=O)O. The van der Waals surface area contributed by atoms with Crippen LogP contribution in [0.4, 0.5) is 0 Å². The minimum atomic E-state index is -4.63. The molecule has 0 bridgehead atoms. The van der Waals surface area contributed by atoms with Crippen molar-refractivity contribution in [3.63, 3.8) is 0 Å². The van der Waals surface area contributed by atoms with Crippen molar-refractivity contribution >= 4 is 19.8 Å². The summed E-state index contributed by atoms with van der Waals surface area (Å²) in [4.78, 5) is 33.5. The summed E-state index contributed by atoms with van der Waals surface area (Å²) >= 11 is 0. The number of carbonyl (C=O) groups excluding carboxylic acids is 1. The predicted molar refractivity (Wildman–Crippen MR) is 230 cm³/mol. The molecular formula is C45H78NO9P. The Morgan fingerprint density at radius 3 is 1.52 bits per heavy atom. The average Bonchev–Trinajstić information content (AvgIpc) is 3.18. The number of carbonyl (C=O) groups is 2. The van der Waals surface area contributed by atoms with E-state index in [-0.39, 0.29) is 13.0 Å². The number of unbranched alkanes of at least 4 members (excludes halogenated alkanes) is 14. The fourth-order valence-corrected chi connectivity index (χ4v) is 6.21. The van der Waals surface area contributed by atoms with Gasteiger partial charge in [-0.2, -0.15) is 0 Å². The third kappa shape index (κ3) is 39.6. The van der Waals surface area contributed by atoms with Crippen molar-refractivity contribution in [2.24, 2.45) is 5.73 Å². The number of carboxylic acids is 1. The van der Waals surface area contributed by atoms with Gasteiger partial charge in [-0.1, -0.05) is 164 Å². The van der Waals surface area contributed by atoms with Gasteiger partial charge in [0.25, 0.3) is 0 Å². The Labute approximate surface area is 340 Å². The van der Waals surface area contributed by atoms with Crippen LogP contribution < -0.4 is 5.73 Å². The molecule has 0 saturated heterocycles. The average molecular weight is 808 g/mol. The van der Waals surface area contributed by atoms with Gasteiger partial charge in [-0.15, -0.1) is 0 Å². The molecule has 0 aliphatic carbocycles. The third-order valence-electron chi connectivity index (χ3n) is 8.75. The van der Waals surface area contributed by atoms with E-state index in [1.807, 2.05) is 0 Å². The molecule has 0 spiro atoms. The van der Waals surface area contributed by atoms with Gasteiger partial charge in [-0.3, -0.25) is 18.6 Å². The molecular weight excluding hydrogens is 729 g/mol. The van der Waals surface area contributed by atoms with E-state index >= 15 is 0 Å². The van der Waals surface area contributed by atoms with Gasteiger partial charge in [0.15, 0.2) is 0 Å². The van der Waals surface area contributed by atoms with E-state index in [1.165, 1.54) is 64.2 Å². The van der Waals surface area contributed by atoms with Gasteiger partial charge in [-0.05, 0) is 64.2 Å². The molecule has 3 unspecified atom stereocenters. The van der Waals surface area contributed by atoms with E-state index < -0.39 is 45.1 Å². The molecule has 0 aromatic carbocycles. The van der Waals surface area contributed by atoms with Gasteiger partial charge in [0.1, 0.15) is 12.1 Å². The van der Waals surface area contributed by atoms with Gasteiger partial charge in [0.05, 0.1) is 19.8 Å². The summed E-state index contributed by atoms with van der Waals surface area (Å²) in [5.41, 5.74) is 5.35. The molecule has 0 aromatic rings. The summed E-state index contributed by atoms with van der Waals surface area (Å²) in [5.74, 6) is -1.83. The van der Waals surface area contributed by atoms with Crippen LogP contribution >= 0.6 is 7.82 Å². The third-order valence-corrected chi connectivity index (χ3v) is 9.70. The summed E-state index contributed by atoms with van der Waals surface area (Å²) in [6.45, 7) is 3.70. The summed E-state index contributed by atoms with van der Waals surface area (Å²) in [6.07, 6.45) is 49.5. The van der Waals surface area contributed by atoms with E-state index in [4.69, 9.17) is 29.4 Å². The van der Waals surface area contributed by atoms with E-state index in [2.05, 4.69) is 86.8 Å². The number of carboxylic acid groups (broad SMARTS) is 1. The van der Waals surface area contributed by atoms with Crippen LogP contribution in [-0.4, -0.2) is 60.5 Å². The lowest BCUT2D eigenvalue weighted by atomic mass is 10.0. The molecule has 0 rings (SSSR count). The maximum absolute atomic E-state index is 12.6. The van der Waals surface area contributed by atoms with Crippen LogP contribution in [-0.2, 0) is 32.7 Å². The number of hydrogen-bond donors (Lipinski definition) is 3. The number of allylic oxidation sites excluding steroid dienone is 12. The van der Waals surface area contributed by atoms with E-state index in [0.29, 0.717) is 13.0 Å². The number of hydrogen-bond acceptors (Lipinski definition) is 8. The van der Waals surface area contributed by atoms with E-state index in [0.717, 1.165) is 70.6 Å². The standard InChI is InChI=1S/C45H78NO9P/c1-3-5-7-9-11-13-15-17-18-19-20-21-22-23-24-25-27-29-31-33-35-37-44(47)55-42(40-53-56(50,51)54-41-43(46)45(48)49)39-52-38-36-34-32-30-28-26-16-14-12-10-8-6-4-2/h5,7,11,13,17-18,20-21,23-24,27,29,42-43H,3-4,6,8-10,12,14-16,19,22,25-26,28,30-41,46H2,1-2H3,(H,48,49)(H,50,51)/b7-5-,13-11-,18-17-,21-20-,24-23-,29-27-. The zero-order valence-corrected chi connectivity index (χ0v) is 35.8. The summed E-state index contributed by atoms with van der Waals surface area (Å²) in [6, 6.07) is -1.48. The predicted octanol–water partition coefficient (Wildman–Crippen LogP) is 11.8. The number of aliphatic carboxylic acids is 1. The van der Waals surface area contributed by atoms with Gasteiger partial charge in [0.2, 0.25) is 0 Å². The van der Waals surface area contributed by atoms with Crippen LogP contribution in [0.1, 0.15) is 162 Å². The number of phosphoric ester groups is 1. The highest BCUT2D eigenvalue weighted by molar-refractivity contribution is 7.47. The van der Waals surface area contributed by atoms with Gasteiger partial charge < -0.3 is 25.2 Å². The minimum Gasteiger partial charge on any atom is -0.480 e. The quantitative estimate of drug-likeness (QED) is 0.0236. The molecule has 0 radical (unpaired) electrons. The maximum Gasteiger partial charge on any atom is 0.472 e. The van der Waals surface area contributed by atoms with Crippen LogP contribution in [0.5, 0.6) is 0 Å². The molecule has 4 N–H and O–H groups in total. The first-order valence-corrected chi connectivity index (χ1v) is 23.0. The fourth-order valence-electron chi connectivity index (χ4n) is 5.43. The van der Waals surface area contributed by atoms with Crippen molar-refractivity contribution in [2.75, 3.05) is 26.4 Å². The number of phosphoric acid groups is 1. The van der Waals surface area contributed by atoms with E-state index in [9.17, 15) is 19.0 Å². The topological polar surface area (TPSA) is 155 Å². The molecule has 11 heteroatoms. The second-order valence-corrected chi connectivity index (χ2v) is 15.5. The highest BCUT2D eigenvalue weighted by Gasteiger charge is 2.27. The molecule has 0 heterocycles. The number of rotatable bonds is 40. The molecule has 3 atom stereocenters. The van der Waals surface area contributed by atoms with Crippen molar-refractivity contribution in [1.82, 2.24) is 0 Å². The van der Waals surface area contributed by atoms with Gasteiger partial charge in [0, 0.05) is 13.0 Å². The Morgan fingerprint density at radius 1 is 0.589 bits per heavy atom. The van der Waals surface area contributed by atoms with Crippen LogP contribution in [0.3, 0.4) is 0 Å². The summed E-state index contributed by atoms with van der Waals surface area (Å²) in [5, 5.41) is 8.89. The molecule has 0 aliphatic rings. The highest BCUT2D eigenvalue weighted by atomic mass is 31.2. The lowest BCUT2D eigenvalue weighted by Gasteiger charge is -2.20. The number of esters is 1. The molecule has 10 nitrogen and oxygen atoms in total. The van der Waals surface area contributed by atoms with Crippen molar-refractivity contribution in [3.8, 4) is 0 Å². The maximum atomic E-state index is 12.6. The fraction of sp³-hybridized carbons (Fsp3) is 0.689. The lowest BCUT2D eigenvalue weighted by Crippen LogP contribution is -2.34. The molecule has 0 aliphatic heterocycles. The first kappa shape index (κ1) is 53.4. The normalized spacial score (nSPS) is 14.6. The molecule has 56 heavy (non-hydrogen) atoms. The van der Waals surface area contributed by atoms with Crippen molar-refractivity contribution < 1.29 is 42.7 Å². The molecule has 0 fully saturated rings. The van der Waals surface area contributed by atoms with Crippen LogP contribution in [0.15, 0.2) is 72.9 Å². The van der Waals surface area contributed by atoms with E-state index in [1.54, 1.807) is 0 Å². The summed E-state index contributed by atoms with van der Waals surface area (Å²) in [7, 11) is -4.63. The van der Waals surface area contributed by atoms with Gasteiger partial charge >= 0.3 is 19.8 Å². The highest BCUT2D eigenvalue weighted by Crippen LogP contribution is 2.43. The second kappa shape index (κ2) is 40.6. The number of nitrogens with two attached hydrogens (primary N) is 1. The van der Waals surface area contributed by atoms with Crippen LogP contribution in [0.2, 0.25) is 0 Å². The monoisotopic (exact) mass is 808 g/mol.